The molecular formula is C19H20FN5O3S. The van der Waals surface area contributed by atoms with Crippen LogP contribution in [-0.2, 0) is 26.9 Å². The van der Waals surface area contributed by atoms with E-state index in [1.807, 2.05) is 0 Å². The van der Waals surface area contributed by atoms with Gasteiger partial charge in [0.15, 0.2) is 9.84 Å². The van der Waals surface area contributed by atoms with Crippen LogP contribution >= 0.6 is 0 Å². The van der Waals surface area contributed by atoms with Gasteiger partial charge in [-0.3, -0.25) is 14.8 Å². The van der Waals surface area contributed by atoms with E-state index in [-0.39, 0.29) is 23.8 Å². The van der Waals surface area contributed by atoms with Crippen LogP contribution in [0.1, 0.15) is 24.1 Å². The standard InChI is InChI=1S/C19H20FN5O3S/c20-15-3-1-14(2-4-15)9-24-17(18(26)25-19(13-21)5-6-19)12-29(27,28)11-16-10-22-7-8-23-16/h1-4,7-8,10,17,24H,5-6,9,11-12H2,(H,25,26)/t17-/m0/s1. The molecule has 1 saturated carbocycles. The zero-order valence-corrected chi connectivity index (χ0v) is 16.3. The Kier molecular flexibility index (Phi) is 6.20. The summed E-state index contributed by atoms with van der Waals surface area (Å²) in [6.45, 7) is 0.165. The number of sulfone groups is 1. The second kappa shape index (κ2) is 8.63. The quantitative estimate of drug-likeness (QED) is 0.620. The van der Waals surface area contributed by atoms with Gasteiger partial charge >= 0.3 is 0 Å². The molecule has 1 atom stereocenters. The van der Waals surface area contributed by atoms with Crippen molar-refractivity contribution in [1.29, 1.82) is 5.26 Å². The first kappa shape index (κ1) is 20.8. The van der Waals surface area contributed by atoms with E-state index in [4.69, 9.17) is 0 Å². The molecule has 1 aliphatic rings. The molecule has 0 aliphatic heterocycles. The zero-order chi connectivity index (χ0) is 20.9. The van der Waals surface area contributed by atoms with Crippen molar-refractivity contribution >= 4 is 15.7 Å². The van der Waals surface area contributed by atoms with Crippen molar-refractivity contribution in [3.05, 3.63) is 59.9 Å². The van der Waals surface area contributed by atoms with Gasteiger partial charge in [0.05, 0.1) is 23.3 Å². The third kappa shape index (κ3) is 6.04. The van der Waals surface area contributed by atoms with Crippen molar-refractivity contribution in [1.82, 2.24) is 20.6 Å². The number of rotatable bonds is 9. The summed E-state index contributed by atoms with van der Waals surface area (Å²) >= 11 is 0. The van der Waals surface area contributed by atoms with E-state index < -0.39 is 33.1 Å². The number of amides is 1. The van der Waals surface area contributed by atoms with E-state index >= 15 is 0 Å². The predicted molar refractivity (Wildman–Crippen MR) is 102 cm³/mol. The Balaban J connectivity index is 1.71. The van der Waals surface area contributed by atoms with Crippen molar-refractivity contribution in [2.45, 2.75) is 36.7 Å². The Morgan fingerprint density at radius 1 is 1.28 bits per heavy atom. The highest BCUT2D eigenvalue weighted by atomic mass is 32.2. The average Bonchev–Trinajstić information content (AvgIpc) is 3.46. The maximum Gasteiger partial charge on any atom is 0.239 e. The maximum absolute atomic E-state index is 13.1. The van der Waals surface area contributed by atoms with Crippen LogP contribution in [0.15, 0.2) is 42.9 Å². The fraction of sp³-hybridized carbons (Fsp3) is 0.368. The highest BCUT2D eigenvalue weighted by molar-refractivity contribution is 7.90. The molecule has 1 aromatic carbocycles. The van der Waals surface area contributed by atoms with Gasteiger partial charge in [0.25, 0.3) is 0 Å². The summed E-state index contributed by atoms with van der Waals surface area (Å²) in [5.74, 6) is -1.78. The van der Waals surface area contributed by atoms with Gasteiger partial charge in [0, 0.05) is 25.1 Å². The Morgan fingerprint density at radius 2 is 2.00 bits per heavy atom. The minimum atomic E-state index is -3.70. The Labute approximate surface area is 168 Å². The molecule has 10 heteroatoms. The molecule has 0 spiro atoms. The van der Waals surface area contributed by atoms with Gasteiger partial charge in [-0.25, -0.2) is 12.8 Å². The number of hydrogen-bond donors (Lipinski definition) is 2. The van der Waals surface area contributed by atoms with Gasteiger partial charge < -0.3 is 10.6 Å². The molecule has 1 amide bonds. The lowest BCUT2D eigenvalue weighted by molar-refractivity contribution is -0.123. The second-order valence-corrected chi connectivity index (χ2v) is 9.10. The van der Waals surface area contributed by atoms with Gasteiger partial charge in [-0.15, -0.1) is 0 Å². The van der Waals surface area contributed by atoms with Crippen LogP contribution < -0.4 is 10.6 Å². The topological polar surface area (TPSA) is 125 Å². The number of halogens is 1. The van der Waals surface area contributed by atoms with Crippen LogP contribution in [0, 0.1) is 17.1 Å². The summed E-state index contributed by atoms with van der Waals surface area (Å²) in [4.78, 5) is 20.5. The van der Waals surface area contributed by atoms with E-state index in [9.17, 15) is 22.9 Å². The molecule has 2 N–H and O–H groups in total. The minimum absolute atomic E-state index is 0.165. The Morgan fingerprint density at radius 3 is 2.59 bits per heavy atom. The third-order valence-corrected chi connectivity index (χ3v) is 6.09. The van der Waals surface area contributed by atoms with Gasteiger partial charge in [-0.2, -0.15) is 5.26 Å². The van der Waals surface area contributed by atoms with Crippen molar-refractivity contribution in [3.63, 3.8) is 0 Å². The lowest BCUT2D eigenvalue weighted by atomic mass is 10.2. The normalized spacial score (nSPS) is 15.9. The molecular weight excluding hydrogens is 397 g/mol. The predicted octanol–water partition coefficient (Wildman–Crippen LogP) is 0.861. The zero-order valence-electron chi connectivity index (χ0n) is 15.5. The van der Waals surface area contributed by atoms with E-state index in [1.165, 1.54) is 30.7 Å². The number of nitriles is 1. The summed E-state index contributed by atoms with van der Waals surface area (Å²) in [5, 5.41) is 14.7. The fourth-order valence-corrected chi connectivity index (χ4v) is 4.22. The highest BCUT2D eigenvalue weighted by Gasteiger charge is 2.45. The Bertz CT molecular complexity index is 1000. The van der Waals surface area contributed by atoms with Crippen LogP contribution in [0.2, 0.25) is 0 Å². The molecule has 1 heterocycles. The average molecular weight is 417 g/mol. The molecule has 0 unspecified atom stereocenters. The van der Waals surface area contributed by atoms with Crippen LogP contribution in [0.5, 0.6) is 0 Å². The maximum atomic E-state index is 13.1. The molecule has 3 rings (SSSR count). The molecule has 2 aromatic rings. The first-order valence-electron chi connectivity index (χ1n) is 8.97. The van der Waals surface area contributed by atoms with Crippen molar-refractivity contribution in [3.8, 4) is 6.07 Å². The summed E-state index contributed by atoms with van der Waals surface area (Å²) in [6, 6.07) is 6.63. The van der Waals surface area contributed by atoms with Crippen molar-refractivity contribution < 1.29 is 17.6 Å². The van der Waals surface area contributed by atoms with Crippen LogP contribution in [0.3, 0.4) is 0 Å². The molecule has 0 radical (unpaired) electrons. The number of carbonyl (C=O) groups excluding carboxylic acids is 1. The number of nitrogens with zero attached hydrogens (tertiary/aromatic N) is 3. The molecule has 8 nitrogen and oxygen atoms in total. The van der Waals surface area contributed by atoms with Gasteiger partial charge in [0.1, 0.15) is 17.4 Å². The summed E-state index contributed by atoms with van der Waals surface area (Å²) in [5.41, 5.74) is 0.0551. The molecule has 152 valence electrons. The van der Waals surface area contributed by atoms with E-state index in [1.54, 1.807) is 12.1 Å². The monoisotopic (exact) mass is 417 g/mol. The lowest BCUT2D eigenvalue weighted by Gasteiger charge is -2.20. The summed E-state index contributed by atoms with van der Waals surface area (Å²) in [6.07, 6.45) is 5.26. The Hall–Kier alpha value is -2.90. The van der Waals surface area contributed by atoms with Gasteiger partial charge in [-0.1, -0.05) is 12.1 Å². The van der Waals surface area contributed by atoms with Crippen molar-refractivity contribution in [2.24, 2.45) is 0 Å². The summed E-state index contributed by atoms with van der Waals surface area (Å²) in [7, 11) is -3.70. The molecule has 29 heavy (non-hydrogen) atoms. The smallest absolute Gasteiger partial charge is 0.239 e. The fourth-order valence-electron chi connectivity index (χ4n) is 2.73. The second-order valence-electron chi connectivity index (χ2n) is 6.99. The molecule has 1 aliphatic carbocycles. The SMILES string of the molecule is N#CC1(NC(=O)[C@H](CS(=O)(=O)Cc2cnccn2)NCc2ccc(F)cc2)CC1. The number of benzene rings is 1. The van der Waals surface area contributed by atoms with Gasteiger partial charge in [-0.05, 0) is 30.5 Å². The molecule has 0 bridgehead atoms. The van der Waals surface area contributed by atoms with Crippen LogP contribution in [0.4, 0.5) is 4.39 Å². The minimum Gasteiger partial charge on any atom is -0.336 e. The van der Waals surface area contributed by atoms with E-state index in [2.05, 4.69) is 26.7 Å². The number of carbonyl (C=O) groups is 1. The first-order valence-corrected chi connectivity index (χ1v) is 10.8. The van der Waals surface area contributed by atoms with Crippen LogP contribution in [0.25, 0.3) is 0 Å². The van der Waals surface area contributed by atoms with E-state index in [0.29, 0.717) is 18.4 Å². The third-order valence-electron chi connectivity index (χ3n) is 4.51. The summed E-state index contributed by atoms with van der Waals surface area (Å²) < 4.78 is 38.3. The number of hydrogen-bond acceptors (Lipinski definition) is 7. The highest BCUT2D eigenvalue weighted by Crippen LogP contribution is 2.34. The first-order chi connectivity index (χ1) is 13.8. The van der Waals surface area contributed by atoms with Gasteiger partial charge in [0.2, 0.25) is 5.91 Å². The number of aromatic nitrogens is 2. The van der Waals surface area contributed by atoms with Crippen molar-refractivity contribution in [2.75, 3.05) is 5.75 Å². The molecule has 1 fully saturated rings. The molecule has 1 aromatic heterocycles. The largest absolute Gasteiger partial charge is 0.336 e. The van der Waals surface area contributed by atoms with E-state index in [0.717, 1.165) is 0 Å². The lowest BCUT2D eigenvalue weighted by Crippen LogP contribution is -2.51. The number of nitrogens with one attached hydrogen (secondary N) is 2. The molecule has 0 saturated heterocycles. The van der Waals surface area contributed by atoms with Crippen LogP contribution in [-0.4, -0.2) is 41.6 Å².